The van der Waals surface area contributed by atoms with Gasteiger partial charge in [0.15, 0.2) is 11.0 Å². The Morgan fingerprint density at radius 3 is 2.53 bits per heavy atom. The third kappa shape index (κ3) is 5.62. The molecule has 1 unspecified atom stereocenters. The van der Waals surface area contributed by atoms with Gasteiger partial charge < -0.3 is 14.6 Å². The largest absolute Gasteiger partial charge is 0.497 e. The molecule has 0 spiro atoms. The number of amides is 1. The topological polar surface area (TPSA) is 72.3 Å². The summed E-state index contributed by atoms with van der Waals surface area (Å²) in [5, 5.41) is 12.7. The molecule has 0 saturated carbocycles. The Morgan fingerprint density at radius 1 is 1.12 bits per heavy atom. The number of methoxy groups -OCH3 is 1. The Bertz CT molecular complexity index is 1090. The minimum atomic E-state index is 0.00537. The summed E-state index contributed by atoms with van der Waals surface area (Å²) in [6, 6.07) is 16.5. The lowest BCUT2D eigenvalue weighted by Gasteiger charge is -2.28. The highest BCUT2D eigenvalue weighted by Crippen LogP contribution is 2.28. The lowest BCUT2D eigenvalue weighted by atomic mass is 10.1. The number of nitrogens with zero attached hydrogens (tertiary/aromatic N) is 4. The summed E-state index contributed by atoms with van der Waals surface area (Å²) >= 11 is 1.43. The number of aryl methyl sites for hydroxylation is 1. The van der Waals surface area contributed by atoms with Crippen LogP contribution in [0, 0.1) is 6.92 Å². The number of carbonyl (C=O) groups is 1. The minimum absolute atomic E-state index is 0.00537. The SMILES string of the molecule is CCn1c(SCC(=O)NCC(c2ccc(OC)cc2)N2CCCC2)nnc1-c1ccccc1C. The minimum Gasteiger partial charge on any atom is -0.497 e. The van der Waals surface area contributed by atoms with E-state index in [2.05, 4.69) is 63.1 Å². The van der Waals surface area contributed by atoms with Crippen molar-refractivity contribution in [1.82, 2.24) is 25.0 Å². The van der Waals surface area contributed by atoms with Crippen molar-refractivity contribution in [2.75, 3.05) is 32.5 Å². The summed E-state index contributed by atoms with van der Waals surface area (Å²) in [6.45, 7) is 7.59. The fourth-order valence-corrected chi connectivity index (χ4v) is 5.26. The first-order chi connectivity index (χ1) is 16.6. The lowest BCUT2D eigenvalue weighted by Crippen LogP contribution is -2.37. The molecule has 1 N–H and O–H groups in total. The lowest BCUT2D eigenvalue weighted by molar-refractivity contribution is -0.118. The van der Waals surface area contributed by atoms with Gasteiger partial charge in [-0.3, -0.25) is 9.69 Å². The summed E-state index contributed by atoms with van der Waals surface area (Å²) in [7, 11) is 1.67. The molecule has 1 saturated heterocycles. The van der Waals surface area contributed by atoms with Crippen LogP contribution in [0.2, 0.25) is 0 Å². The first-order valence-corrected chi connectivity index (χ1v) is 12.9. The van der Waals surface area contributed by atoms with Gasteiger partial charge in [-0.25, -0.2) is 0 Å². The number of nitrogens with one attached hydrogen (secondary N) is 1. The van der Waals surface area contributed by atoms with E-state index in [4.69, 9.17) is 4.74 Å². The number of rotatable bonds is 10. The van der Waals surface area contributed by atoms with Gasteiger partial charge in [-0.15, -0.1) is 10.2 Å². The Hall–Kier alpha value is -2.84. The zero-order chi connectivity index (χ0) is 23.9. The molecule has 7 nitrogen and oxygen atoms in total. The Kier molecular flexibility index (Phi) is 8.24. The average molecular weight is 480 g/mol. The fraction of sp³-hybridized carbons (Fsp3) is 0.423. The molecule has 1 aromatic heterocycles. The van der Waals surface area contributed by atoms with Crippen molar-refractivity contribution in [1.29, 1.82) is 0 Å². The van der Waals surface area contributed by atoms with E-state index in [0.717, 1.165) is 47.5 Å². The normalized spacial score (nSPS) is 14.8. The molecule has 4 rings (SSSR count). The van der Waals surface area contributed by atoms with Crippen molar-refractivity contribution in [3.05, 3.63) is 59.7 Å². The number of carbonyl (C=O) groups excluding carboxylic acids is 1. The van der Waals surface area contributed by atoms with Gasteiger partial charge in [0.25, 0.3) is 0 Å². The summed E-state index contributed by atoms with van der Waals surface area (Å²) in [5.74, 6) is 2.00. The molecule has 180 valence electrons. The predicted octanol–water partition coefficient (Wildman–Crippen LogP) is 4.33. The van der Waals surface area contributed by atoms with Gasteiger partial charge in [0.05, 0.1) is 18.9 Å². The van der Waals surface area contributed by atoms with E-state index in [9.17, 15) is 4.79 Å². The van der Waals surface area contributed by atoms with Gasteiger partial charge in [0.1, 0.15) is 5.75 Å². The second-order valence-corrected chi connectivity index (χ2v) is 9.43. The molecule has 1 atom stereocenters. The molecule has 8 heteroatoms. The average Bonchev–Trinajstić information content (AvgIpc) is 3.54. The molecule has 0 bridgehead atoms. The van der Waals surface area contributed by atoms with E-state index in [1.54, 1.807) is 7.11 Å². The number of benzene rings is 2. The fourth-order valence-electron chi connectivity index (χ4n) is 4.43. The van der Waals surface area contributed by atoms with Crippen LogP contribution in [0.25, 0.3) is 11.4 Å². The summed E-state index contributed by atoms with van der Waals surface area (Å²) < 4.78 is 7.38. The maximum absolute atomic E-state index is 12.8. The molecule has 2 aromatic carbocycles. The van der Waals surface area contributed by atoms with Crippen LogP contribution in [-0.4, -0.2) is 58.1 Å². The second kappa shape index (κ2) is 11.5. The first kappa shape index (κ1) is 24.3. The smallest absolute Gasteiger partial charge is 0.230 e. The second-order valence-electron chi connectivity index (χ2n) is 8.49. The highest BCUT2D eigenvalue weighted by Gasteiger charge is 2.24. The van der Waals surface area contributed by atoms with Crippen molar-refractivity contribution in [3.63, 3.8) is 0 Å². The zero-order valence-electron chi connectivity index (χ0n) is 20.2. The Labute approximate surface area is 205 Å². The molecule has 1 fully saturated rings. The van der Waals surface area contributed by atoms with E-state index in [1.165, 1.54) is 30.2 Å². The van der Waals surface area contributed by atoms with Crippen LogP contribution < -0.4 is 10.1 Å². The van der Waals surface area contributed by atoms with Crippen molar-refractivity contribution in [2.45, 2.75) is 44.4 Å². The van der Waals surface area contributed by atoms with E-state index in [0.29, 0.717) is 12.3 Å². The molecular weight excluding hydrogens is 446 g/mol. The van der Waals surface area contributed by atoms with Gasteiger partial charge in [-0.2, -0.15) is 0 Å². The first-order valence-electron chi connectivity index (χ1n) is 11.9. The third-order valence-electron chi connectivity index (χ3n) is 6.33. The molecule has 2 heterocycles. The van der Waals surface area contributed by atoms with E-state index in [-0.39, 0.29) is 11.9 Å². The van der Waals surface area contributed by atoms with Crippen molar-refractivity contribution in [3.8, 4) is 17.1 Å². The van der Waals surface area contributed by atoms with E-state index in [1.807, 2.05) is 24.3 Å². The van der Waals surface area contributed by atoms with Crippen LogP contribution >= 0.6 is 11.8 Å². The quantitative estimate of drug-likeness (QED) is 0.437. The molecule has 1 aliphatic heterocycles. The van der Waals surface area contributed by atoms with Crippen molar-refractivity contribution >= 4 is 17.7 Å². The van der Waals surface area contributed by atoms with E-state index >= 15 is 0 Å². The van der Waals surface area contributed by atoms with Gasteiger partial charge in [0.2, 0.25) is 5.91 Å². The molecule has 0 radical (unpaired) electrons. The van der Waals surface area contributed by atoms with E-state index < -0.39 is 0 Å². The maximum atomic E-state index is 12.8. The van der Waals surface area contributed by atoms with Gasteiger partial charge >= 0.3 is 0 Å². The highest BCUT2D eigenvalue weighted by atomic mass is 32.2. The maximum Gasteiger partial charge on any atom is 0.230 e. The van der Waals surface area contributed by atoms with Crippen LogP contribution in [-0.2, 0) is 11.3 Å². The molecular formula is C26H33N5O2S. The van der Waals surface area contributed by atoms with Crippen LogP contribution in [0.3, 0.4) is 0 Å². The van der Waals surface area contributed by atoms with Gasteiger partial charge in [-0.05, 0) is 63.0 Å². The Morgan fingerprint density at radius 2 is 1.85 bits per heavy atom. The molecule has 3 aromatic rings. The Balaban J connectivity index is 1.38. The van der Waals surface area contributed by atoms with Gasteiger partial charge in [-0.1, -0.05) is 48.2 Å². The van der Waals surface area contributed by atoms with Crippen LogP contribution in [0.5, 0.6) is 5.75 Å². The third-order valence-corrected chi connectivity index (χ3v) is 7.29. The van der Waals surface area contributed by atoms with Crippen molar-refractivity contribution in [2.24, 2.45) is 0 Å². The van der Waals surface area contributed by atoms with Gasteiger partial charge in [0, 0.05) is 18.7 Å². The van der Waals surface area contributed by atoms with Crippen molar-refractivity contribution < 1.29 is 9.53 Å². The predicted molar refractivity (Wildman–Crippen MR) is 136 cm³/mol. The van der Waals surface area contributed by atoms with Crippen LogP contribution in [0.1, 0.15) is 36.9 Å². The summed E-state index contributed by atoms with van der Waals surface area (Å²) in [5.41, 5.74) is 3.43. The highest BCUT2D eigenvalue weighted by molar-refractivity contribution is 7.99. The number of likely N-dealkylation sites (tertiary alicyclic amines) is 1. The molecule has 0 aliphatic carbocycles. The summed E-state index contributed by atoms with van der Waals surface area (Å²) in [6.07, 6.45) is 2.40. The molecule has 1 amide bonds. The molecule has 34 heavy (non-hydrogen) atoms. The molecule has 1 aliphatic rings. The van der Waals surface area contributed by atoms with Crippen LogP contribution in [0.4, 0.5) is 0 Å². The number of hydrogen-bond donors (Lipinski definition) is 1. The number of aromatic nitrogens is 3. The number of hydrogen-bond acceptors (Lipinski definition) is 6. The zero-order valence-corrected chi connectivity index (χ0v) is 21.0. The monoisotopic (exact) mass is 479 g/mol. The standard InChI is InChI=1S/C26H33N5O2S/c1-4-31-25(22-10-6-5-9-19(22)2)28-29-26(31)34-18-24(32)27-17-23(30-15-7-8-16-30)20-11-13-21(33-3)14-12-20/h5-6,9-14,23H,4,7-8,15-18H2,1-3H3,(H,27,32). The summed E-state index contributed by atoms with van der Waals surface area (Å²) in [4.78, 5) is 15.2. The number of ether oxygens (including phenoxy) is 1. The van der Waals surface area contributed by atoms with Crippen LogP contribution in [0.15, 0.2) is 53.7 Å². The number of thioether (sulfide) groups is 1.